The number of rotatable bonds is 9. The highest BCUT2D eigenvalue weighted by atomic mass is 32.1. The molecule has 0 saturated heterocycles. The van der Waals surface area contributed by atoms with Gasteiger partial charge in [0, 0.05) is 11.9 Å². The van der Waals surface area contributed by atoms with E-state index in [1.807, 2.05) is 41.8 Å². The number of anilines is 2. The Morgan fingerprint density at radius 2 is 1.97 bits per heavy atom. The molecule has 172 valence electrons. The Labute approximate surface area is 203 Å². The zero-order valence-corrected chi connectivity index (χ0v) is 19.7. The van der Waals surface area contributed by atoms with Crippen molar-refractivity contribution in [2.75, 3.05) is 17.6 Å². The minimum atomic E-state index is -0.215. The van der Waals surface area contributed by atoms with E-state index in [2.05, 4.69) is 26.8 Å². The normalized spacial score (nSPS) is 10.6. The molecule has 3 heterocycles. The van der Waals surface area contributed by atoms with Crippen molar-refractivity contribution >= 4 is 45.4 Å². The maximum atomic E-state index is 12.3. The van der Waals surface area contributed by atoms with E-state index >= 15 is 0 Å². The zero-order valence-electron chi connectivity index (χ0n) is 18.0. The van der Waals surface area contributed by atoms with Crippen molar-refractivity contribution in [3.63, 3.8) is 0 Å². The van der Waals surface area contributed by atoms with Crippen LogP contribution in [0, 0.1) is 11.3 Å². The lowest BCUT2D eigenvalue weighted by Gasteiger charge is -2.04. The average Bonchev–Trinajstić information content (AvgIpc) is 3.58. The van der Waals surface area contributed by atoms with Crippen LogP contribution < -0.4 is 16.4 Å². The van der Waals surface area contributed by atoms with Gasteiger partial charge in [0.25, 0.3) is 5.91 Å². The average molecular weight is 492 g/mol. The van der Waals surface area contributed by atoms with Gasteiger partial charge in [-0.25, -0.2) is 9.67 Å². The third-order valence-corrected chi connectivity index (χ3v) is 6.55. The molecule has 0 aliphatic heterocycles. The van der Waals surface area contributed by atoms with Gasteiger partial charge in [-0.15, -0.1) is 22.7 Å². The van der Waals surface area contributed by atoms with E-state index in [0.717, 1.165) is 5.69 Å². The summed E-state index contributed by atoms with van der Waals surface area (Å²) in [5.41, 5.74) is 8.45. The van der Waals surface area contributed by atoms with Crippen LogP contribution in [0.25, 0.3) is 5.69 Å². The lowest BCUT2D eigenvalue weighted by atomic mass is 10.1. The van der Waals surface area contributed by atoms with E-state index < -0.39 is 0 Å². The van der Waals surface area contributed by atoms with Crippen LogP contribution in [0.15, 0.2) is 53.2 Å². The number of carbonyl (C=O) groups is 2. The number of para-hydroxylation sites is 1. The molecule has 0 atom stereocenters. The Morgan fingerprint density at radius 1 is 1.15 bits per heavy atom. The molecule has 4 rings (SSSR count). The summed E-state index contributed by atoms with van der Waals surface area (Å²) in [7, 11) is 0. The van der Waals surface area contributed by atoms with E-state index in [1.54, 1.807) is 16.1 Å². The van der Waals surface area contributed by atoms with Gasteiger partial charge in [0.05, 0.1) is 28.4 Å². The maximum absolute atomic E-state index is 12.3. The van der Waals surface area contributed by atoms with Crippen LogP contribution in [0.5, 0.6) is 0 Å². The fourth-order valence-electron chi connectivity index (χ4n) is 3.26. The second kappa shape index (κ2) is 10.7. The van der Waals surface area contributed by atoms with Gasteiger partial charge in [0.1, 0.15) is 17.5 Å². The number of hydrogen-bond donors (Lipinski definition) is 3. The summed E-state index contributed by atoms with van der Waals surface area (Å²) >= 11 is 2.63. The number of thiophene rings is 1. The van der Waals surface area contributed by atoms with Gasteiger partial charge >= 0.3 is 0 Å². The van der Waals surface area contributed by atoms with Crippen molar-refractivity contribution in [1.29, 1.82) is 5.26 Å². The molecule has 0 radical (unpaired) electrons. The molecule has 0 spiro atoms. The Kier molecular flexibility index (Phi) is 7.31. The van der Waals surface area contributed by atoms with E-state index in [4.69, 9.17) is 5.73 Å². The number of nitrogen functional groups attached to an aromatic ring is 1. The van der Waals surface area contributed by atoms with E-state index in [9.17, 15) is 14.9 Å². The van der Waals surface area contributed by atoms with Crippen LogP contribution in [0.2, 0.25) is 0 Å². The predicted octanol–water partition coefficient (Wildman–Crippen LogP) is 3.39. The number of hydrogen-bond acceptors (Lipinski definition) is 8. The van der Waals surface area contributed by atoms with Crippen molar-refractivity contribution in [2.45, 2.75) is 19.3 Å². The quantitative estimate of drug-likeness (QED) is 0.307. The molecule has 4 N–H and O–H groups in total. The number of carbonyl (C=O) groups excluding carboxylic acids is 2. The first kappa shape index (κ1) is 23.2. The monoisotopic (exact) mass is 491 g/mol. The lowest BCUT2D eigenvalue weighted by Crippen LogP contribution is -2.26. The van der Waals surface area contributed by atoms with Crippen LogP contribution in [0.3, 0.4) is 0 Å². The first-order valence-electron chi connectivity index (χ1n) is 10.4. The Morgan fingerprint density at radius 3 is 2.71 bits per heavy atom. The molecule has 9 nitrogen and oxygen atoms in total. The summed E-state index contributed by atoms with van der Waals surface area (Å²) in [6.07, 6.45) is 1.22. The number of nitrogens with zero attached hydrogens (tertiary/aromatic N) is 4. The predicted molar refractivity (Wildman–Crippen MR) is 132 cm³/mol. The SMILES string of the molecule is N#Cc1c(CCCNC(=O)Cc2csc(NC(=O)c3cccs3)n2)nn(-c2ccccc2)c1N. The van der Waals surface area contributed by atoms with Crippen LogP contribution in [-0.2, 0) is 17.6 Å². The first-order valence-corrected chi connectivity index (χ1v) is 12.2. The van der Waals surface area contributed by atoms with Gasteiger partial charge in [0.15, 0.2) is 5.13 Å². The Balaban J connectivity index is 1.26. The molecule has 0 aliphatic carbocycles. The fraction of sp³-hybridized carbons (Fsp3) is 0.174. The Bertz CT molecular complexity index is 1320. The van der Waals surface area contributed by atoms with Gasteiger partial charge in [-0.2, -0.15) is 10.4 Å². The van der Waals surface area contributed by atoms with Gasteiger partial charge in [-0.05, 0) is 36.4 Å². The number of nitriles is 1. The number of amides is 2. The molecule has 11 heteroatoms. The van der Waals surface area contributed by atoms with E-state index in [0.29, 0.717) is 52.2 Å². The Hall–Kier alpha value is -4.01. The number of nitrogens with one attached hydrogen (secondary N) is 2. The molecule has 1 aromatic carbocycles. The fourth-order valence-corrected chi connectivity index (χ4v) is 4.59. The number of nitrogens with two attached hydrogens (primary N) is 1. The van der Waals surface area contributed by atoms with E-state index in [1.165, 1.54) is 22.7 Å². The van der Waals surface area contributed by atoms with Crippen molar-refractivity contribution in [1.82, 2.24) is 20.1 Å². The molecule has 4 aromatic rings. The summed E-state index contributed by atoms with van der Waals surface area (Å²) in [6, 6.07) is 15.1. The summed E-state index contributed by atoms with van der Waals surface area (Å²) in [5, 5.41) is 23.6. The third-order valence-electron chi connectivity index (χ3n) is 4.88. The molecule has 0 unspecified atom stereocenters. The summed E-state index contributed by atoms with van der Waals surface area (Å²) < 4.78 is 1.56. The van der Waals surface area contributed by atoms with Crippen molar-refractivity contribution in [2.24, 2.45) is 0 Å². The summed E-state index contributed by atoms with van der Waals surface area (Å²) in [5.74, 6) is -0.0815. The number of thiazole rings is 1. The van der Waals surface area contributed by atoms with Gasteiger partial charge in [-0.3, -0.25) is 14.9 Å². The highest BCUT2D eigenvalue weighted by molar-refractivity contribution is 7.14. The van der Waals surface area contributed by atoms with Crippen molar-refractivity contribution < 1.29 is 9.59 Å². The van der Waals surface area contributed by atoms with Gasteiger partial charge < -0.3 is 11.1 Å². The number of aryl methyl sites for hydroxylation is 1. The van der Waals surface area contributed by atoms with E-state index in [-0.39, 0.29) is 18.2 Å². The highest BCUT2D eigenvalue weighted by Gasteiger charge is 2.16. The lowest BCUT2D eigenvalue weighted by molar-refractivity contribution is -0.120. The minimum Gasteiger partial charge on any atom is -0.382 e. The molecule has 3 aromatic heterocycles. The standard InChI is InChI=1S/C23H21N7O2S2/c24-13-17-18(29-30(21(17)25)16-6-2-1-3-7-16)8-4-10-26-20(31)12-15-14-34-23(27-15)28-22(32)19-9-5-11-33-19/h1-3,5-7,9,11,14H,4,8,10,12,25H2,(H,26,31)(H,27,28,32). The maximum Gasteiger partial charge on any atom is 0.267 e. The number of benzene rings is 1. The molecule has 0 saturated carbocycles. The largest absolute Gasteiger partial charge is 0.382 e. The summed E-state index contributed by atoms with van der Waals surface area (Å²) in [4.78, 5) is 29.3. The molecular weight excluding hydrogens is 470 g/mol. The van der Waals surface area contributed by atoms with Crippen molar-refractivity contribution in [3.8, 4) is 11.8 Å². The molecule has 34 heavy (non-hydrogen) atoms. The number of aromatic nitrogens is 3. The topological polar surface area (TPSA) is 139 Å². The van der Waals surface area contributed by atoms with Crippen LogP contribution in [0.4, 0.5) is 10.9 Å². The first-order chi connectivity index (χ1) is 16.5. The third kappa shape index (κ3) is 5.48. The molecule has 0 bridgehead atoms. The highest BCUT2D eigenvalue weighted by Crippen LogP contribution is 2.21. The molecule has 2 amide bonds. The molecular formula is C23H21N7O2S2. The van der Waals surface area contributed by atoms with Gasteiger partial charge in [-0.1, -0.05) is 24.3 Å². The smallest absolute Gasteiger partial charge is 0.267 e. The molecule has 0 fully saturated rings. The van der Waals surface area contributed by atoms with Crippen LogP contribution in [0.1, 0.15) is 33.0 Å². The minimum absolute atomic E-state index is 0.115. The zero-order chi connectivity index (χ0) is 23.9. The summed E-state index contributed by atoms with van der Waals surface area (Å²) in [6.45, 7) is 0.425. The van der Waals surface area contributed by atoms with Crippen LogP contribution >= 0.6 is 22.7 Å². The molecule has 0 aliphatic rings. The second-order valence-electron chi connectivity index (χ2n) is 7.27. The van der Waals surface area contributed by atoms with Crippen molar-refractivity contribution in [3.05, 3.63) is 75.1 Å². The second-order valence-corrected chi connectivity index (χ2v) is 9.08. The van der Waals surface area contributed by atoms with Gasteiger partial charge in [0.2, 0.25) is 5.91 Å². The van der Waals surface area contributed by atoms with Crippen LogP contribution in [-0.4, -0.2) is 33.1 Å².